The first-order chi connectivity index (χ1) is 13.6. The molecule has 1 N–H and O–H groups in total. The molecule has 0 amide bonds. The summed E-state index contributed by atoms with van der Waals surface area (Å²) in [6.45, 7) is 0.0474. The van der Waals surface area contributed by atoms with Crippen LogP contribution >= 0.6 is 0 Å². The molecule has 0 aliphatic carbocycles. The van der Waals surface area contributed by atoms with E-state index in [0.29, 0.717) is 11.5 Å². The van der Waals surface area contributed by atoms with Crippen LogP contribution < -0.4 is 18.9 Å². The zero-order valence-electron chi connectivity index (χ0n) is 16.6. The van der Waals surface area contributed by atoms with E-state index in [1.165, 1.54) is 64.7 Å². The summed E-state index contributed by atoms with van der Waals surface area (Å²) < 4.78 is 68.3. The van der Waals surface area contributed by atoms with Crippen LogP contribution in [0.3, 0.4) is 0 Å². The summed E-state index contributed by atoms with van der Waals surface area (Å²) in [5, 5.41) is 0. The largest absolute Gasteiger partial charge is 0.497 e. The lowest BCUT2D eigenvalue weighted by atomic mass is 10.3. The van der Waals surface area contributed by atoms with Crippen LogP contribution in [0.25, 0.3) is 0 Å². The summed E-state index contributed by atoms with van der Waals surface area (Å²) >= 11 is 0. The third-order valence-electron chi connectivity index (χ3n) is 3.93. The Morgan fingerprint density at radius 1 is 0.897 bits per heavy atom. The van der Waals surface area contributed by atoms with Gasteiger partial charge in [-0.25, -0.2) is 25.9 Å². The van der Waals surface area contributed by atoms with E-state index in [9.17, 15) is 16.8 Å². The van der Waals surface area contributed by atoms with Gasteiger partial charge in [0, 0.05) is 26.7 Å². The average molecular weight is 445 g/mol. The Hall–Kier alpha value is -2.34. The molecule has 0 aromatic heterocycles. The number of nitrogens with one attached hydrogen (secondary N) is 1. The quantitative estimate of drug-likeness (QED) is 0.550. The van der Waals surface area contributed by atoms with E-state index in [-0.39, 0.29) is 28.7 Å². The van der Waals surface area contributed by atoms with Crippen LogP contribution in [0.5, 0.6) is 17.2 Å². The van der Waals surface area contributed by atoms with E-state index in [1.54, 1.807) is 6.07 Å². The van der Waals surface area contributed by atoms with Crippen molar-refractivity contribution in [3.8, 4) is 17.2 Å². The highest BCUT2D eigenvalue weighted by molar-refractivity contribution is 7.89. The average Bonchev–Trinajstić information content (AvgIpc) is 2.71. The van der Waals surface area contributed by atoms with Crippen LogP contribution in [0.4, 0.5) is 0 Å². The molecule has 29 heavy (non-hydrogen) atoms. The van der Waals surface area contributed by atoms with Gasteiger partial charge in [-0.15, -0.1) is 0 Å². The van der Waals surface area contributed by atoms with Crippen LogP contribution in [-0.2, 0) is 20.0 Å². The van der Waals surface area contributed by atoms with Crippen molar-refractivity contribution in [1.29, 1.82) is 0 Å². The van der Waals surface area contributed by atoms with E-state index >= 15 is 0 Å². The van der Waals surface area contributed by atoms with E-state index in [0.717, 1.165) is 4.31 Å². The number of ether oxygens (including phenoxy) is 3. The van der Waals surface area contributed by atoms with Gasteiger partial charge in [-0.3, -0.25) is 0 Å². The Kier molecular flexibility index (Phi) is 7.47. The molecule has 0 heterocycles. The lowest BCUT2D eigenvalue weighted by molar-refractivity contribution is 0.322. The third-order valence-corrected chi connectivity index (χ3v) is 7.24. The molecule has 2 rings (SSSR count). The molecule has 11 heteroatoms. The van der Waals surface area contributed by atoms with Crippen LogP contribution in [0.15, 0.2) is 52.3 Å². The molecule has 0 radical (unpaired) electrons. The van der Waals surface area contributed by atoms with Gasteiger partial charge in [-0.1, -0.05) is 0 Å². The fourth-order valence-electron chi connectivity index (χ4n) is 2.34. The van der Waals surface area contributed by atoms with E-state index in [4.69, 9.17) is 14.2 Å². The fraction of sp³-hybridized carbons (Fsp3) is 0.333. The first-order valence-corrected chi connectivity index (χ1v) is 11.4. The zero-order chi connectivity index (χ0) is 21.7. The Morgan fingerprint density at radius 3 is 2.07 bits per heavy atom. The minimum Gasteiger partial charge on any atom is -0.497 e. The van der Waals surface area contributed by atoms with Gasteiger partial charge in [0.25, 0.3) is 0 Å². The fourth-order valence-corrected chi connectivity index (χ4v) is 4.43. The molecular formula is C18H24N2O7S2. The molecule has 160 valence electrons. The maximum atomic E-state index is 12.5. The van der Waals surface area contributed by atoms with Gasteiger partial charge in [0.2, 0.25) is 20.0 Å². The summed E-state index contributed by atoms with van der Waals surface area (Å²) in [7, 11) is -1.65. The molecule has 2 aromatic rings. The maximum absolute atomic E-state index is 12.5. The molecule has 0 fully saturated rings. The van der Waals surface area contributed by atoms with Gasteiger partial charge in [-0.2, -0.15) is 0 Å². The molecule has 2 aromatic carbocycles. The second kappa shape index (κ2) is 9.44. The Bertz CT molecular complexity index is 1030. The molecular weight excluding hydrogens is 420 g/mol. The van der Waals surface area contributed by atoms with Crippen molar-refractivity contribution in [2.24, 2.45) is 0 Å². The molecule has 0 atom stereocenters. The minimum atomic E-state index is -3.85. The standard InChI is InChI=1S/C18H24N2O7S2/c1-20(2)29(23,24)16-8-5-14(6-9-16)27-12-11-19-28(21,22)18-13-15(25-3)7-10-17(18)26-4/h5-10,13,19H,11-12H2,1-4H3. The van der Waals surface area contributed by atoms with E-state index < -0.39 is 20.0 Å². The minimum absolute atomic E-state index is 0.000442. The van der Waals surface area contributed by atoms with Crippen LogP contribution in [0, 0.1) is 0 Å². The van der Waals surface area contributed by atoms with Gasteiger partial charge in [0.15, 0.2) is 0 Å². The van der Waals surface area contributed by atoms with Crippen molar-refractivity contribution in [1.82, 2.24) is 9.03 Å². The highest BCUT2D eigenvalue weighted by Gasteiger charge is 2.20. The maximum Gasteiger partial charge on any atom is 0.244 e. The Morgan fingerprint density at radius 2 is 1.52 bits per heavy atom. The monoisotopic (exact) mass is 444 g/mol. The lowest BCUT2D eigenvalue weighted by Crippen LogP contribution is -2.28. The topological polar surface area (TPSA) is 111 Å². The second-order valence-corrected chi connectivity index (χ2v) is 9.91. The molecule has 0 saturated carbocycles. The van der Waals surface area contributed by atoms with E-state index in [2.05, 4.69) is 4.72 Å². The van der Waals surface area contributed by atoms with E-state index in [1.807, 2.05) is 0 Å². The van der Waals surface area contributed by atoms with Crippen molar-refractivity contribution >= 4 is 20.0 Å². The first kappa shape index (κ1) is 22.9. The zero-order valence-corrected chi connectivity index (χ0v) is 18.2. The van der Waals surface area contributed by atoms with Gasteiger partial charge in [-0.05, 0) is 36.4 Å². The van der Waals surface area contributed by atoms with Gasteiger partial charge >= 0.3 is 0 Å². The first-order valence-electron chi connectivity index (χ1n) is 8.49. The van der Waals surface area contributed by atoms with Crippen molar-refractivity contribution in [2.75, 3.05) is 41.5 Å². The summed E-state index contributed by atoms with van der Waals surface area (Å²) in [6.07, 6.45) is 0. The molecule has 9 nitrogen and oxygen atoms in total. The summed E-state index contributed by atoms with van der Waals surface area (Å²) in [5.74, 6) is 0.993. The van der Waals surface area contributed by atoms with Gasteiger partial charge in [0.05, 0.1) is 19.1 Å². The predicted octanol–water partition coefficient (Wildman–Crippen LogP) is 1.31. The molecule has 0 saturated heterocycles. The van der Waals surface area contributed by atoms with Crippen molar-refractivity contribution in [3.05, 3.63) is 42.5 Å². The number of methoxy groups -OCH3 is 2. The van der Waals surface area contributed by atoms with Gasteiger partial charge < -0.3 is 14.2 Å². The number of hydrogen-bond donors (Lipinski definition) is 1. The molecule has 0 spiro atoms. The van der Waals surface area contributed by atoms with Crippen molar-refractivity contribution in [2.45, 2.75) is 9.79 Å². The number of rotatable bonds is 10. The Balaban J connectivity index is 1.98. The van der Waals surface area contributed by atoms with Crippen LogP contribution in [-0.4, -0.2) is 62.6 Å². The van der Waals surface area contributed by atoms with Crippen LogP contribution in [0.1, 0.15) is 0 Å². The smallest absolute Gasteiger partial charge is 0.244 e. The normalized spacial score (nSPS) is 12.0. The Labute approximate surface area is 171 Å². The lowest BCUT2D eigenvalue weighted by Gasteiger charge is -2.13. The molecule has 0 bridgehead atoms. The summed E-state index contributed by atoms with van der Waals surface area (Å²) in [6, 6.07) is 10.3. The highest BCUT2D eigenvalue weighted by atomic mass is 32.2. The number of nitrogens with zero attached hydrogens (tertiary/aromatic N) is 1. The summed E-state index contributed by atoms with van der Waals surface area (Å²) in [5.41, 5.74) is 0. The predicted molar refractivity (Wildman–Crippen MR) is 108 cm³/mol. The third kappa shape index (κ3) is 5.60. The van der Waals surface area contributed by atoms with Crippen LogP contribution in [0.2, 0.25) is 0 Å². The molecule has 0 unspecified atom stereocenters. The van der Waals surface area contributed by atoms with Crippen molar-refractivity contribution in [3.63, 3.8) is 0 Å². The number of benzene rings is 2. The SMILES string of the molecule is COc1ccc(OC)c(S(=O)(=O)NCCOc2ccc(S(=O)(=O)N(C)C)cc2)c1. The number of hydrogen-bond acceptors (Lipinski definition) is 7. The number of sulfonamides is 2. The summed E-state index contributed by atoms with van der Waals surface area (Å²) in [4.78, 5) is 0.0956. The van der Waals surface area contributed by atoms with Crippen molar-refractivity contribution < 1.29 is 31.0 Å². The van der Waals surface area contributed by atoms with Gasteiger partial charge in [0.1, 0.15) is 28.8 Å². The second-order valence-electron chi connectivity index (χ2n) is 6.02. The molecule has 0 aliphatic rings. The highest BCUT2D eigenvalue weighted by Crippen LogP contribution is 2.27. The molecule has 0 aliphatic heterocycles.